The maximum atomic E-state index is 10.7. The number of anilines is 1. The summed E-state index contributed by atoms with van der Waals surface area (Å²) < 4.78 is 1.69. The third-order valence-electron chi connectivity index (χ3n) is 2.12. The number of aromatic nitrogens is 4. The van der Waals surface area contributed by atoms with Gasteiger partial charge in [0, 0.05) is 24.6 Å². The third kappa shape index (κ3) is 3.00. The summed E-state index contributed by atoms with van der Waals surface area (Å²) in [6, 6.07) is 3.21. The number of hydrogen-bond donors (Lipinski definition) is 2. The van der Waals surface area contributed by atoms with Crippen LogP contribution in [0.2, 0.25) is 0 Å². The molecule has 0 aliphatic heterocycles. The van der Waals surface area contributed by atoms with E-state index in [0.717, 1.165) is 5.69 Å². The van der Waals surface area contributed by atoms with E-state index in [9.17, 15) is 4.79 Å². The Hall–Kier alpha value is -2.44. The molecule has 88 valence electrons. The maximum Gasteiger partial charge on any atom is 0.354 e. The van der Waals surface area contributed by atoms with Gasteiger partial charge in [0.05, 0.1) is 12.7 Å². The molecule has 2 aromatic heterocycles. The van der Waals surface area contributed by atoms with Crippen LogP contribution in [0.4, 0.5) is 5.69 Å². The molecule has 0 aromatic carbocycles. The molecule has 0 bridgehead atoms. The van der Waals surface area contributed by atoms with Gasteiger partial charge in [0.2, 0.25) is 0 Å². The first-order valence-electron chi connectivity index (χ1n) is 5.03. The van der Waals surface area contributed by atoms with Crippen molar-refractivity contribution >= 4 is 11.7 Å². The molecule has 2 heterocycles. The van der Waals surface area contributed by atoms with E-state index in [4.69, 9.17) is 5.11 Å². The van der Waals surface area contributed by atoms with Crippen LogP contribution < -0.4 is 5.32 Å². The van der Waals surface area contributed by atoms with Crippen molar-refractivity contribution in [2.24, 2.45) is 0 Å². The Morgan fingerprint density at radius 2 is 2.35 bits per heavy atom. The second-order valence-corrected chi connectivity index (χ2v) is 3.33. The molecule has 0 fully saturated rings. The number of pyridine rings is 1. The van der Waals surface area contributed by atoms with Crippen molar-refractivity contribution in [2.45, 2.75) is 6.54 Å². The molecule has 0 atom stereocenters. The Balaban J connectivity index is 1.90. The molecule has 17 heavy (non-hydrogen) atoms. The lowest BCUT2D eigenvalue weighted by Gasteiger charge is -2.06. The maximum absolute atomic E-state index is 10.7. The van der Waals surface area contributed by atoms with Crippen molar-refractivity contribution in [3.05, 3.63) is 36.4 Å². The number of nitrogens with one attached hydrogen (secondary N) is 1. The summed E-state index contributed by atoms with van der Waals surface area (Å²) in [6.07, 6.45) is 4.83. The zero-order valence-electron chi connectivity index (χ0n) is 8.95. The summed E-state index contributed by atoms with van der Waals surface area (Å²) in [5.74, 6) is -1.04. The summed E-state index contributed by atoms with van der Waals surface area (Å²) >= 11 is 0. The summed E-state index contributed by atoms with van der Waals surface area (Å²) in [4.78, 5) is 14.4. The molecule has 0 aliphatic carbocycles. The Morgan fingerprint density at radius 3 is 3.06 bits per heavy atom. The lowest BCUT2D eigenvalue weighted by Crippen LogP contribution is -2.11. The van der Waals surface area contributed by atoms with Crippen LogP contribution in [-0.4, -0.2) is 37.6 Å². The van der Waals surface area contributed by atoms with Crippen LogP contribution in [0, 0.1) is 0 Å². The molecule has 0 radical (unpaired) electrons. The zero-order chi connectivity index (χ0) is 12.1. The van der Waals surface area contributed by atoms with Crippen molar-refractivity contribution in [3.63, 3.8) is 0 Å². The van der Waals surface area contributed by atoms with Gasteiger partial charge in [-0.3, -0.25) is 4.68 Å². The van der Waals surface area contributed by atoms with E-state index in [1.807, 2.05) is 0 Å². The normalized spacial score (nSPS) is 10.1. The molecule has 0 saturated carbocycles. The molecular weight excluding hydrogens is 222 g/mol. The number of rotatable bonds is 5. The largest absolute Gasteiger partial charge is 0.477 e. The third-order valence-corrected chi connectivity index (χ3v) is 2.12. The van der Waals surface area contributed by atoms with E-state index in [0.29, 0.717) is 13.1 Å². The fourth-order valence-corrected chi connectivity index (χ4v) is 1.32. The molecule has 2 aromatic rings. The van der Waals surface area contributed by atoms with E-state index in [1.54, 1.807) is 23.1 Å². The number of carboxylic acids is 1. The van der Waals surface area contributed by atoms with E-state index in [2.05, 4.69) is 20.6 Å². The first-order chi connectivity index (χ1) is 8.25. The predicted molar refractivity (Wildman–Crippen MR) is 59.7 cm³/mol. The number of carbonyl (C=O) groups is 1. The van der Waals surface area contributed by atoms with E-state index < -0.39 is 5.97 Å². The zero-order valence-corrected chi connectivity index (χ0v) is 8.95. The molecule has 0 unspecified atom stereocenters. The predicted octanol–water partition coefficient (Wildman–Crippen LogP) is 0.483. The molecule has 7 heteroatoms. The summed E-state index contributed by atoms with van der Waals surface area (Å²) in [5.41, 5.74) is 0.744. The van der Waals surface area contributed by atoms with Crippen molar-refractivity contribution in [2.75, 3.05) is 11.9 Å². The fraction of sp³-hybridized carbons (Fsp3) is 0.200. The van der Waals surface area contributed by atoms with Gasteiger partial charge in [0.25, 0.3) is 0 Å². The van der Waals surface area contributed by atoms with Crippen molar-refractivity contribution in [3.8, 4) is 0 Å². The van der Waals surface area contributed by atoms with Gasteiger partial charge in [-0.2, -0.15) is 0 Å². The lowest BCUT2D eigenvalue weighted by molar-refractivity contribution is 0.0690. The van der Waals surface area contributed by atoms with Gasteiger partial charge < -0.3 is 10.4 Å². The van der Waals surface area contributed by atoms with Gasteiger partial charge in [0.1, 0.15) is 5.69 Å². The molecule has 2 N–H and O–H groups in total. The second kappa shape index (κ2) is 5.06. The highest BCUT2D eigenvalue weighted by Crippen LogP contribution is 2.07. The number of carboxylic acid groups (broad SMARTS) is 1. The second-order valence-electron chi connectivity index (χ2n) is 3.33. The topological polar surface area (TPSA) is 92.9 Å². The lowest BCUT2D eigenvalue weighted by atomic mass is 10.3. The SMILES string of the molecule is O=C(O)c1cc(NCCn2ccnn2)ccn1. The molecule has 2 rings (SSSR count). The minimum absolute atomic E-state index is 0.0238. The first kappa shape index (κ1) is 11.1. The highest BCUT2D eigenvalue weighted by molar-refractivity contribution is 5.86. The van der Waals surface area contributed by atoms with E-state index in [1.165, 1.54) is 12.3 Å². The summed E-state index contributed by atoms with van der Waals surface area (Å²) in [7, 11) is 0. The Kier molecular flexibility index (Phi) is 3.29. The van der Waals surface area contributed by atoms with Gasteiger partial charge >= 0.3 is 5.97 Å². The average Bonchev–Trinajstić information content (AvgIpc) is 2.82. The first-order valence-corrected chi connectivity index (χ1v) is 5.03. The van der Waals surface area contributed by atoms with Crippen LogP contribution in [0.15, 0.2) is 30.7 Å². The minimum Gasteiger partial charge on any atom is -0.477 e. The van der Waals surface area contributed by atoms with E-state index in [-0.39, 0.29) is 5.69 Å². The van der Waals surface area contributed by atoms with Crippen molar-refractivity contribution in [1.29, 1.82) is 0 Å². The standard InChI is InChI=1S/C10H11N5O2/c16-10(17)9-7-8(1-2-12-9)11-3-5-15-6-4-13-14-15/h1-2,4,6-7H,3,5H2,(H,11,12)(H,16,17). The monoisotopic (exact) mass is 233 g/mol. The smallest absolute Gasteiger partial charge is 0.354 e. The molecule has 0 saturated heterocycles. The van der Waals surface area contributed by atoms with Crippen LogP contribution in [0.25, 0.3) is 0 Å². The average molecular weight is 233 g/mol. The Bertz CT molecular complexity index is 497. The van der Waals surface area contributed by atoms with Gasteiger partial charge in [-0.05, 0) is 12.1 Å². The van der Waals surface area contributed by atoms with Crippen LogP contribution in [0.3, 0.4) is 0 Å². The highest BCUT2D eigenvalue weighted by Gasteiger charge is 2.04. The van der Waals surface area contributed by atoms with Crippen molar-refractivity contribution < 1.29 is 9.90 Å². The molecule has 0 spiro atoms. The number of hydrogen-bond acceptors (Lipinski definition) is 5. The number of aromatic carboxylic acids is 1. The van der Waals surface area contributed by atoms with E-state index >= 15 is 0 Å². The summed E-state index contributed by atoms with van der Waals surface area (Å²) in [6.45, 7) is 1.29. The van der Waals surface area contributed by atoms with Crippen molar-refractivity contribution in [1.82, 2.24) is 20.0 Å². The van der Waals surface area contributed by atoms with Gasteiger partial charge in [-0.25, -0.2) is 9.78 Å². The molecule has 7 nitrogen and oxygen atoms in total. The van der Waals surface area contributed by atoms with Gasteiger partial charge in [-0.15, -0.1) is 5.10 Å². The Morgan fingerprint density at radius 1 is 1.47 bits per heavy atom. The van der Waals surface area contributed by atoms with Crippen LogP contribution in [-0.2, 0) is 6.54 Å². The minimum atomic E-state index is -1.04. The molecule has 0 aliphatic rings. The van der Waals surface area contributed by atoms with Gasteiger partial charge in [-0.1, -0.05) is 5.21 Å². The highest BCUT2D eigenvalue weighted by atomic mass is 16.4. The quantitative estimate of drug-likeness (QED) is 0.780. The van der Waals surface area contributed by atoms with Crippen LogP contribution in [0.5, 0.6) is 0 Å². The molecule has 0 amide bonds. The Labute approximate surface area is 97.1 Å². The summed E-state index contributed by atoms with van der Waals surface area (Å²) in [5, 5.41) is 19.4. The van der Waals surface area contributed by atoms with Gasteiger partial charge in [0.15, 0.2) is 0 Å². The van der Waals surface area contributed by atoms with Crippen LogP contribution >= 0.6 is 0 Å². The van der Waals surface area contributed by atoms with Crippen LogP contribution in [0.1, 0.15) is 10.5 Å². The fourth-order valence-electron chi connectivity index (χ4n) is 1.32. The number of nitrogens with zero attached hydrogens (tertiary/aromatic N) is 4. The molecular formula is C10H11N5O2.